The van der Waals surface area contributed by atoms with Crippen molar-refractivity contribution in [3.05, 3.63) is 0 Å². The van der Waals surface area contributed by atoms with Crippen LogP contribution in [-0.2, 0) is 0 Å². The minimum atomic E-state index is -1.52. The molecule has 80 valence electrons. The van der Waals surface area contributed by atoms with Gasteiger partial charge in [-0.3, -0.25) is 0 Å². The van der Waals surface area contributed by atoms with Crippen molar-refractivity contribution in [1.29, 1.82) is 0 Å². The Kier molecular flexibility index (Phi) is 6.66. The molecule has 13 heavy (non-hydrogen) atoms. The second kappa shape index (κ2) is 6.58. The SMILES string of the molecule is CSCC(O)C(O)C(O)C(O)CO. The fraction of sp³-hybridized carbons (Fsp3) is 1.00. The van der Waals surface area contributed by atoms with Crippen LogP contribution < -0.4 is 0 Å². The van der Waals surface area contributed by atoms with Crippen molar-refractivity contribution in [2.24, 2.45) is 0 Å². The van der Waals surface area contributed by atoms with Crippen molar-refractivity contribution < 1.29 is 25.5 Å². The van der Waals surface area contributed by atoms with Gasteiger partial charge >= 0.3 is 0 Å². The highest BCUT2D eigenvalue weighted by Gasteiger charge is 2.29. The minimum Gasteiger partial charge on any atom is -0.394 e. The fourth-order valence-corrected chi connectivity index (χ4v) is 1.37. The van der Waals surface area contributed by atoms with Gasteiger partial charge in [0.05, 0.1) is 12.7 Å². The van der Waals surface area contributed by atoms with Gasteiger partial charge in [-0.25, -0.2) is 0 Å². The average Bonchev–Trinajstić information content (AvgIpc) is 2.14. The van der Waals surface area contributed by atoms with Crippen LogP contribution in [0.25, 0.3) is 0 Å². The summed E-state index contributed by atoms with van der Waals surface area (Å²) < 4.78 is 0. The summed E-state index contributed by atoms with van der Waals surface area (Å²) in [7, 11) is 0. The van der Waals surface area contributed by atoms with Gasteiger partial charge in [0.2, 0.25) is 0 Å². The molecule has 0 bridgehead atoms. The molecule has 4 atom stereocenters. The summed E-state index contributed by atoms with van der Waals surface area (Å²) in [6, 6.07) is 0. The van der Waals surface area contributed by atoms with E-state index in [2.05, 4.69) is 0 Å². The molecule has 0 aromatic carbocycles. The summed E-state index contributed by atoms with van der Waals surface area (Å²) in [6.45, 7) is -0.649. The lowest BCUT2D eigenvalue weighted by molar-refractivity contribution is -0.109. The molecule has 0 saturated heterocycles. The number of rotatable bonds is 6. The van der Waals surface area contributed by atoms with Crippen LogP contribution in [0.15, 0.2) is 0 Å². The van der Waals surface area contributed by atoms with E-state index in [1.165, 1.54) is 11.8 Å². The lowest BCUT2D eigenvalue weighted by Crippen LogP contribution is -2.46. The van der Waals surface area contributed by atoms with Crippen molar-refractivity contribution in [3.8, 4) is 0 Å². The standard InChI is InChI=1S/C7H16O5S/c1-13-3-5(10)7(12)6(11)4(9)2-8/h4-12H,2-3H2,1H3. The van der Waals surface area contributed by atoms with E-state index in [1.54, 1.807) is 6.26 Å². The molecule has 0 aromatic heterocycles. The van der Waals surface area contributed by atoms with Crippen LogP contribution >= 0.6 is 11.8 Å². The Morgan fingerprint density at radius 2 is 1.46 bits per heavy atom. The van der Waals surface area contributed by atoms with Crippen molar-refractivity contribution >= 4 is 11.8 Å². The lowest BCUT2D eigenvalue weighted by Gasteiger charge is -2.24. The van der Waals surface area contributed by atoms with Crippen LogP contribution in [0.2, 0.25) is 0 Å². The molecule has 0 saturated carbocycles. The summed E-state index contributed by atoms with van der Waals surface area (Å²) in [5.74, 6) is 0.260. The molecule has 5 N–H and O–H groups in total. The Morgan fingerprint density at radius 1 is 1.00 bits per heavy atom. The first-order valence-electron chi connectivity index (χ1n) is 3.86. The van der Waals surface area contributed by atoms with E-state index in [9.17, 15) is 10.2 Å². The Bertz CT molecular complexity index is 134. The van der Waals surface area contributed by atoms with E-state index in [1.807, 2.05) is 0 Å². The zero-order chi connectivity index (χ0) is 10.4. The first-order chi connectivity index (χ1) is 6.04. The molecular weight excluding hydrogens is 196 g/mol. The quantitative estimate of drug-likeness (QED) is 0.342. The maximum absolute atomic E-state index is 9.23. The first kappa shape index (κ1) is 13.2. The normalized spacial score (nSPS) is 20.8. The van der Waals surface area contributed by atoms with E-state index in [4.69, 9.17) is 15.3 Å². The number of thioether (sulfide) groups is 1. The van der Waals surface area contributed by atoms with Crippen molar-refractivity contribution in [2.75, 3.05) is 18.6 Å². The molecule has 0 aliphatic heterocycles. The van der Waals surface area contributed by atoms with Gasteiger partial charge in [0.1, 0.15) is 18.3 Å². The lowest BCUT2D eigenvalue weighted by atomic mass is 10.0. The van der Waals surface area contributed by atoms with Gasteiger partial charge in [0.25, 0.3) is 0 Å². The smallest absolute Gasteiger partial charge is 0.111 e. The van der Waals surface area contributed by atoms with Crippen LogP contribution in [0.5, 0.6) is 0 Å². The molecule has 6 heteroatoms. The Hall–Kier alpha value is 0.150. The molecule has 5 nitrogen and oxygen atoms in total. The van der Waals surface area contributed by atoms with Gasteiger partial charge in [0, 0.05) is 5.75 Å². The zero-order valence-corrected chi connectivity index (χ0v) is 8.18. The van der Waals surface area contributed by atoms with E-state index in [-0.39, 0.29) is 5.75 Å². The summed E-state index contributed by atoms with van der Waals surface area (Å²) in [5.41, 5.74) is 0. The average molecular weight is 212 g/mol. The van der Waals surface area contributed by atoms with E-state index >= 15 is 0 Å². The van der Waals surface area contributed by atoms with Gasteiger partial charge in [-0.2, -0.15) is 11.8 Å². The van der Waals surface area contributed by atoms with Crippen molar-refractivity contribution in [3.63, 3.8) is 0 Å². The van der Waals surface area contributed by atoms with Crippen molar-refractivity contribution in [1.82, 2.24) is 0 Å². The Balaban J connectivity index is 3.99. The number of hydrogen-bond acceptors (Lipinski definition) is 6. The summed E-state index contributed by atoms with van der Waals surface area (Å²) in [6.07, 6.45) is -3.75. The molecule has 0 spiro atoms. The van der Waals surface area contributed by atoms with Crippen molar-refractivity contribution in [2.45, 2.75) is 24.4 Å². The maximum atomic E-state index is 9.23. The fourth-order valence-electron chi connectivity index (χ4n) is 0.833. The summed E-state index contributed by atoms with van der Waals surface area (Å²) in [4.78, 5) is 0. The predicted molar refractivity (Wildman–Crippen MR) is 49.5 cm³/mol. The number of aliphatic hydroxyl groups excluding tert-OH is 5. The topological polar surface area (TPSA) is 101 Å². The third-order valence-corrected chi connectivity index (χ3v) is 2.34. The summed E-state index contributed by atoms with van der Waals surface area (Å²) >= 11 is 1.31. The molecular formula is C7H16O5S. The van der Waals surface area contributed by atoms with Crippen LogP contribution in [0, 0.1) is 0 Å². The van der Waals surface area contributed by atoms with Crippen LogP contribution in [0.3, 0.4) is 0 Å². The zero-order valence-electron chi connectivity index (χ0n) is 7.37. The number of hydrogen-bond donors (Lipinski definition) is 5. The van der Waals surface area contributed by atoms with Gasteiger partial charge in [-0.1, -0.05) is 0 Å². The minimum absolute atomic E-state index is 0.260. The molecule has 0 fully saturated rings. The van der Waals surface area contributed by atoms with Gasteiger partial charge in [-0.05, 0) is 6.26 Å². The molecule has 0 rings (SSSR count). The van der Waals surface area contributed by atoms with Gasteiger partial charge in [0.15, 0.2) is 0 Å². The third-order valence-electron chi connectivity index (χ3n) is 1.66. The van der Waals surface area contributed by atoms with Gasteiger partial charge < -0.3 is 25.5 Å². The first-order valence-corrected chi connectivity index (χ1v) is 5.26. The van der Waals surface area contributed by atoms with E-state index < -0.39 is 31.0 Å². The Labute approximate surface area is 81.0 Å². The van der Waals surface area contributed by atoms with Gasteiger partial charge in [-0.15, -0.1) is 0 Å². The second-order valence-corrected chi connectivity index (χ2v) is 3.66. The highest BCUT2D eigenvalue weighted by Crippen LogP contribution is 2.08. The molecule has 0 aliphatic carbocycles. The molecule has 0 radical (unpaired) electrons. The predicted octanol–water partition coefficient (Wildman–Crippen LogP) is -2.21. The third kappa shape index (κ3) is 4.26. The molecule has 0 aromatic rings. The molecule has 0 aliphatic rings. The summed E-state index contributed by atoms with van der Waals surface area (Å²) in [5, 5.41) is 45.0. The molecule has 0 heterocycles. The monoisotopic (exact) mass is 212 g/mol. The van der Waals surface area contributed by atoms with Crippen LogP contribution in [-0.4, -0.2) is 68.6 Å². The molecule has 0 amide bonds. The highest BCUT2D eigenvalue weighted by atomic mass is 32.2. The van der Waals surface area contributed by atoms with E-state index in [0.29, 0.717) is 0 Å². The van der Waals surface area contributed by atoms with Crippen LogP contribution in [0.4, 0.5) is 0 Å². The molecule has 4 unspecified atom stereocenters. The van der Waals surface area contributed by atoms with E-state index in [0.717, 1.165) is 0 Å². The second-order valence-electron chi connectivity index (χ2n) is 2.75. The van der Waals surface area contributed by atoms with Crippen LogP contribution in [0.1, 0.15) is 0 Å². The number of aliphatic hydroxyl groups is 5. The Morgan fingerprint density at radius 3 is 1.85 bits per heavy atom. The highest BCUT2D eigenvalue weighted by molar-refractivity contribution is 7.98. The largest absolute Gasteiger partial charge is 0.394 e. The maximum Gasteiger partial charge on any atom is 0.111 e.